The van der Waals surface area contributed by atoms with E-state index in [0.717, 1.165) is 6.42 Å². The van der Waals surface area contributed by atoms with Gasteiger partial charge in [-0.25, -0.2) is 0 Å². The van der Waals surface area contributed by atoms with E-state index in [1.807, 2.05) is 0 Å². The molecule has 0 spiro atoms. The lowest BCUT2D eigenvalue weighted by Crippen LogP contribution is -2.16. The molecule has 0 aromatic heterocycles. The Balaban J connectivity index is 2.41. The van der Waals surface area contributed by atoms with Gasteiger partial charge < -0.3 is 9.84 Å². The molecule has 2 atom stereocenters. The summed E-state index contributed by atoms with van der Waals surface area (Å²) in [6, 6.07) is 0. The Hall–Kier alpha value is -0.340. The molecule has 2 heteroatoms. The number of rotatable bonds is 1. The van der Waals surface area contributed by atoms with Crippen LogP contribution in [0.5, 0.6) is 0 Å². The van der Waals surface area contributed by atoms with Gasteiger partial charge in [0.05, 0.1) is 12.7 Å². The van der Waals surface area contributed by atoms with Gasteiger partial charge in [0, 0.05) is 0 Å². The van der Waals surface area contributed by atoms with Crippen molar-refractivity contribution in [3.63, 3.8) is 0 Å². The highest BCUT2D eigenvalue weighted by atomic mass is 16.5. The Morgan fingerprint density at radius 2 is 2.50 bits per heavy atom. The largest absolute Gasteiger partial charge is 0.390 e. The number of hydrogen-bond donors (Lipinski definition) is 1. The molecule has 1 heterocycles. The van der Waals surface area contributed by atoms with Gasteiger partial charge in [-0.3, -0.25) is 0 Å². The molecule has 8 heavy (non-hydrogen) atoms. The van der Waals surface area contributed by atoms with Crippen molar-refractivity contribution >= 4 is 0 Å². The summed E-state index contributed by atoms with van der Waals surface area (Å²) in [6.45, 7) is 4.17. The van der Waals surface area contributed by atoms with Gasteiger partial charge in [-0.2, -0.15) is 0 Å². The van der Waals surface area contributed by atoms with E-state index in [4.69, 9.17) is 9.84 Å². The van der Waals surface area contributed by atoms with Crippen LogP contribution in [0.1, 0.15) is 6.42 Å². The third kappa shape index (κ3) is 0.904. The summed E-state index contributed by atoms with van der Waals surface area (Å²) in [5.41, 5.74) is 0. The summed E-state index contributed by atoms with van der Waals surface area (Å²) in [5.74, 6) is 0. The van der Waals surface area contributed by atoms with Crippen LogP contribution in [0.4, 0.5) is 0 Å². The Bertz CT molecular complexity index is 90.5. The Kier molecular flexibility index (Phi) is 1.65. The van der Waals surface area contributed by atoms with E-state index in [1.54, 1.807) is 6.08 Å². The summed E-state index contributed by atoms with van der Waals surface area (Å²) in [7, 11) is 0. The van der Waals surface area contributed by atoms with Crippen molar-refractivity contribution in [2.45, 2.75) is 18.6 Å². The molecular weight excluding hydrogens is 104 g/mol. The molecule has 1 fully saturated rings. The molecule has 0 aromatic rings. The minimum Gasteiger partial charge on any atom is -0.390 e. The third-order valence-electron chi connectivity index (χ3n) is 1.34. The predicted octanol–water partition coefficient (Wildman–Crippen LogP) is 0.322. The lowest BCUT2D eigenvalue weighted by atomic mass is 10.2. The first-order chi connectivity index (χ1) is 3.84. The molecule has 2 nitrogen and oxygen atoms in total. The van der Waals surface area contributed by atoms with Crippen LogP contribution in [0, 0.1) is 0 Å². The van der Waals surface area contributed by atoms with E-state index in [9.17, 15) is 0 Å². The topological polar surface area (TPSA) is 29.5 Å². The van der Waals surface area contributed by atoms with Crippen molar-refractivity contribution in [3.8, 4) is 0 Å². The van der Waals surface area contributed by atoms with Gasteiger partial charge in [0.2, 0.25) is 0 Å². The number of aliphatic hydroxyl groups excluding tert-OH is 1. The van der Waals surface area contributed by atoms with Crippen molar-refractivity contribution < 1.29 is 9.84 Å². The van der Waals surface area contributed by atoms with Gasteiger partial charge >= 0.3 is 0 Å². The van der Waals surface area contributed by atoms with E-state index in [-0.39, 0.29) is 12.2 Å². The van der Waals surface area contributed by atoms with Crippen LogP contribution in [0.25, 0.3) is 0 Å². The van der Waals surface area contributed by atoms with Crippen molar-refractivity contribution in [2.75, 3.05) is 6.61 Å². The fourth-order valence-corrected chi connectivity index (χ4v) is 0.825. The second kappa shape index (κ2) is 2.29. The molecule has 0 aliphatic carbocycles. The molecule has 1 aliphatic heterocycles. The minimum absolute atomic E-state index is 0.116. The van der Waals surface area contributed by atoms with Crippen LogP contribution in [0.15, 0.2) is 12.7 Å². The fourth-order valence-electron chi connectivity index (χ4n) is 0.825. The smallest absolute Gasteiger partial charge is 0.101 e. The zero-order valence-corrected chi connectivity index (χ0v) is 4.71. The molecule has 1 unspecified atom stereocenters. The molecule has 0 bridgehead atoms. The zero-order chi connectivity index (χ0) is 5.98. The summed E-state index contributed by atoms with van der Waals surface area (Å²) in [4.78, 5) is 0. The van der Waals surface area contributed by atoms with Crippen molar-refractivity contribution in [3.05, 3.63) is 12.7 Å². The van der Waals surface area contributed by atoms with Crippen molar-refractivity contribution in [1.82, 2.24) is 0 Å². The van der Waals surface area contributed by atoms with E-state index in [1.165, 1.54) is 0 Å². The first kappa shape index (κ1) is 5.79. The molecular formula is C6H10O2. The van der Waals surface area contributed by atoms with E-state index >= 15 is 0 Å². The fraction of sp³-hybridized carbons (Fsp3) is 0.667. The first-order valence-electron chi connectivity index (χ1n) is 2.77. The molecule has 0 saturated carbocycles. The van der Waals surface area contributed by atoms with Crippen molar-refractivity contribution in [1.29, 1.82) is 0 Å². The molecule has 0 aromatic carbocycles. The summed E-state index contributed by atoms with van der Waals surface area (Å²) in [6.07, 6.45) is 1.96. The maximum atomic E-state index is 8.99. The number of ether oxygens (including phenoxy) is 1. The molecule has 1 rings (SSSR count). The first-order valence-corrected chi connectivity index (χ1v) is 2.77. The summed E-state index contributed by atoms with van der Waals surface area (Å²) < 4.78 is 5.05. The van der Waals surface area contributed by atoms with Gasteiger partial charge in [0.25, 0.3) is 0 Å². The van der Waals surface area contributed by atoms with E-state index < -0.39 is 0 Å². The van der Waals surface area contributed by atoms with Crippen LogP contribution in [0.2, 0.25) is 0 Å². The molecule has 1 N–H and O–H groups in total. The zero-order valence-electron chi connectivity index (χ0n) is 4.71. The number of hydrogen-bond acceptors (Lipinski definition) is 2. The quantitative estimate of drug-likeness (QED) is 0.497. The maximum absolute atomic E-state index is 8.99. The average Bonchev–Trinajstić information content (AvgIpc) is 2.14. The minimum atomic E-state index is -0.313. The molecule has 1 aliphatic rings. The maximum Gasteiger partial charge on any atom is 0.101 e. The van der Waals surface area contributed by atoms with Crippen LogP contribution in [-0.2, 0) is 4.74 Å². The van der Waals surface area contributed by atoms with Gasteiger partial charge in [0.15, 0.2) is 0 Å². The van der Waals surface area contributed by atoms with Gasteiger partial charge in [0.1, 0.15) is 6.10 Å². The van der Waals surface area contributed by atoms with Crippen LogP contribution in [0.3, 0.4) is 0 Å². The number of aliphatic hydroxyl groups is 1. The van der Waals surface area contributed by atoms with Gasteiger partial charge in [-0.1, -0.05) is 6.08 Å². The molecule has 0 radical (unpaired) electrons. The van der Waals surface area contributed by atoms with Gasteiger partial charge in [-0.05, 0) is 6.42 Å². The molecule has 46 valence electrons. The normalized spacial score (nSPS) is 37.6. The highest BCUT2D eigenvalue weighted by molar-refractivity contribution is 4.89. The lowest BCUT2D eigenvalue weighted by molar-refractivity contribution is 0.0751. The molecule has 0 amide bonds. The van der Waals surface area contributed by atoms with Crippen LogP contribution < -0.4 is 0 Å². The summed E-state index contributed by atoms with van der Waals surface area (Å²) in [5, 5.41) is 8.99. The SMILES string of the molecule is C=CC1OCC[C@H]1O. The second-order valence-electron chi connectivity index (χ2n) is 1.93. The highest BCUT2D eigenvalue weighted by Crippen LogP contribution is 2.12. The summed E-state index contributed by atoms with van der Waals surface area (Å²) >= 11 is 0. The standard InChI is InChI=1S/C6H10O2/c1-2-6-5(7)3-4-8-6/h2,5-7H,1,3-4H2/t5-,6?/m1/s1. The van der Waals surface area contributed by atoms with Crippen molar-refractivity contribution in [2.24, 2.45) is 0 Å². The Labute approximate surface area is 48.8 Å². The second-order valence-corrected chi connectivity index (χ2v) is 1.93. The predicted molar refractivity (Wildman–Crippen MR) is 30.6 cm³/mol. The molecule has 1 saturated heterocycles. The van der Waals surface area contributed by atoms with Gasteiger partial charge in [-0.15, -0.1) is 6.58 Å². The van der Waals surface area contributed by atoms with E-state index in [2.05, 4.69) is 6.58 Å². The lowest BCUT2D eigenvalue weighted by Gasteiger charge is -2.05. The Morgan fingerprint density at radius 1 is 1.75 bits per heavy atom. The van der Waals surface area contributed by atoms with Crippen LogP contribution >= 0.6 is 0 Å². The monoisotopic (exact) mass is 114 g/mol. The average molecular weight is 114 g/mol. The Morgan fingerprint density at radius 3 is 2.75 bits per heavy atom. The van der Waals surface area contributed by atoms with Crippen LogP contribution in [-0.4, -0.2) is 23.9 Å². The van der Waals surface area contributed by atoms with E-state index in [0.29, 0.717) is 6.61 Å². The third-order valence-corrected chi connectivity index (χ3v) is 1.34. The highest BCUT2D eigenvalue weighted by Gasteiger charge is 2.22.